The molecule has 9 heteroatoms. The van der Waals surface area contributed by atoms with Gasteiger partial charge < -0.3 is 20.1 Å². The summed E-state index contributed by atoms with van der Waals surface area (Å²) in [6.07, 6.45) is 6.28. The van der Waals surface area contributed by atoms with Crippen molar-refractivity contribution >= 4 is 36.4 Å². The summed E-state index contributed by atoms with van der Waals surface area (Å²) >= 11 is 0. The second kappa shape index (κ2) is 7.56. The molecule has 1 amide bonds. The fraction of sp³-hybridized carbons (Fsp3) is 0.417. The average Bonchev–Trinajstić information content (AvgIpc) is 3.04. The Bertz CT molecular complexity index is 606. The average molecular weight is 334 g/mol. The van der Waals surface area contributed by atoms with Gasteiger partial charge in [0.15, 0.2) is 11.3 Å². The SMILES string of the molecule is Cl.Cl.O=C(NCC1CNCC1O)c1nccn2ccnc12. The second-order valence-corrected chi connectivity index (χ2v) is 4.63. The lowest BCUT2D eigenvalue weighted by atomic mass is 10.1. The fourth-order valence-electron chi connectivity index (χ4n) is 2.25. The summed E-state index contributed by atoms with van der Waals surface area (Å²) in [5.41, 5.74) is 0.832. The van der Waals surface area contributed by atoms with Crippen LogP contribution in [0.4, 0.5) is 0 Å². The Morgan fingerprint density at radius 2 is 2.05 bits per heavy atom. The molecular weight excluding hydrogens is 317 g/mol. The number of aliphatic hydroxyl groups excluding tert-OH is 1. The maximum Gasteiger partial charge on any atom is 0.273 e. The number of hydrogen-bond donors (Lipinski definition) is 3. The Balaban J connectivity index is 0.00000110. The first kappa shape index (κ1) is 17.6. The Morgan fingerprint density at radius 3 is 2.71 bits per heavy atom. The summed E-state index contributed by atoms with van der Waals surface area (Å²) in [4.78, 5) is 20.3. The van der Waals surface area contributed by atoms with E-state index in [0.29, 0.717) is 31.0 Å². The molecule has 2 atom stereocenters. The van der Waals surface area contributed by atoms with Gasteiger partial charge in [-0.05, 0) is 0 Å². The molecule has 3 N–H and O–H groups in total. The maximum absolute atomic E-state index is 12.1. The molecule has 2 aromatic heterocycles. The van der Waals surface area contributed by atoms with Crippen molar-refractivity contribution in [2.45, 2.75) is 6.10 Å². The van der Waals surface area contributed by atoms with Crippen molar-refractivity contribution in [1.82, 2.24) is 25.0 Å². The molecule has 1 saturated heterocycles. The lowest BCUT2D eigenvalue weighted by molar-refractivity contribution is 0.0923. The minimum atomic E-state index is -0.407. The van der Waals surface area contributed by atoms with Crippen LogP contribution in [-0.2, 0) is 0 Å². The Hall–Kier alpha value is -1.41. The monoisotopic (exact) mass is 333 g/mol. The highest BCUT2D eigenvalue weighted by molar-refractivity contribution is 5.97. The highest BCUT2D eigenvalue weighted by Crippen LogP contribution is 2.09. The molecule has 116 valence electrons. The normalized spacial score (nSPS) is 20.6. The van der Waals surface area contributed by atoms with Gasteiger partial charge in [-0.25, -0.2) is 9.97 Å². The molecule has 3 rings (SSSR count). The molecule has 1 aliphatic rings. The highest BCUT2D eigenvalue weighted by Gasteiger charge is 2.25. The van der Waals surface area contributed by atoms with Gasteiger partial charge in [-0.3, -0.25) is 4.79 Å². The molecule has 1 aliphatic heterocycles. The molecular formula is C12H17Cl2N5O2. The molecule has 0 saturated carbocycles. The number of rotatable bonds is 3. The smallest absolute Gasteiger partial charge is 0.273 e. The van der Waals surface area contributed by atoms with E-state index >= 15 is 0 Å². The van der Waals surface area contributed by atoms with E-state index in [4.69, 9.17) is 0 Å². The number of β-amino-alcohol motifs (C(OH)–C–C–N with tert-alkyl or cyclic N) is 1. The van der Waals surface area contributed by atoms with Crippen LogP contribution in [0.25, 0.3) is 5.65 Å². The molecule has 7 nitrogen and oxygen atoms in total. The molecule has 0 spiro atoms. The van der Waals surface area contributed by atoms with Crippen molar-refractivity contribution in [3.8, 4) is 0 Å². The summed E-state index contributed by atoms with van der Waals surface area (Å²) in [5, 5.41) is 15.5. The fourth-order valence-corrected chi connectivity index (χ4v) is 2.25. The van der Waals surface area contributed by atoms with Gasteiger partial charge in [-0.1, -0.05) is 0 Å². The minimum absolute atomic E-state index is 0. The molecule has 0 radical (unpaired) electrons. The van der Waals surface area contributed by atoms with Crippen molar-refractivity contribution in [2.24, 2.45) is 5.92 Å². The van der Waals surface area contributed by atoms with Gasteiger partial charge in [-0.2, -0.15) is 0 Å². The van der Waals surface area contributed by atoms with Gasteiger partial charge in [0.2, 0.25) is 0 Å². The van der Waals surface area contributed by atoms with Crippen LogP contribution in [0.15, 0.2) is 24.8 Å². The third-order valence-corrected chi connectivity index (χ3v) is 3.36. The Kier molecular flexibility index (Phi) is 6.35. The predicted molar refractivity (Wildman–Crippen MR) is 82.2 cm³/mol. The first-order valence-electron chi connectivity index (χ1n) is 6.20. The van der Waals surface area contributed by atoms with Gasteiger partial charge in [0.25, 0.3) is 5.91 Å². The number of aliphatic hydroxyl groups is 1. The standard InChI is InChI=1S/C12H15N5O2.2ClH/c18-9-7-13-5-8(9)6-16-12(19)10-11-15-2-4-17(11)3-1-14-10;;/h1-4,8-9,13,18H,5-7H2,(H,16,19);2*1H. The lowest BCUT2D eigenvalue weighted by Crippen LogP contribution is -2.35. The van der Waals surface area contributed by atoms with Gasteiger partial charge in [0.1, 0.15) is 0 Å². The zero-order chi connectivity index (χ0) is 13.2. The number of amides is 1. The van der Waals surface area contributed by atoms with Gasteiger partial charge >= 0.3 is 0 Å². The second-order valence-electron chi connectivity index (χ2n) is 4.63. The van der Waals surface area contributed by atoms with Crippen molar-refractivity contribution in [1.29, 1.82) is 0 Å². The number of fused-ring (bicyclic) bond motifs is 1. The quantitative estimate of drug-likeness (QED) is 0.728. The number of hydrogen-bond acceptors (Lipinski definition) is 5. The summed E-state index contributed by atoms with van der Waals surface area (Å²) < 4.78 is 1.74. The van der Waals surface area contributed by atoms with Crippen LogP contribution in [0, 0.1) is 5.92 Å². The van der Waals surface area contributed by atoms with Gasteiger partial charge in [0, 0.05) is 50.3 Å². The minimum Gasteiger partial charge on any atom is -0.391 e. The van der Waals surface area contributed by atoms with E-state index in [1.54, 1.807) is 29.2 Å². The third kappa shape index (κ3) is 3.62. The molecule has 2 aromatic rings. The number of nitrogens with zero attached hydrogens (tertiary/aromatic N) is 3. The topological polar surface area (TPSA) is 91.5 Å². The van der Waals surface area contributed by atoms with Gasteiger partial charge in [0.05, 0.1) is 6.10 Å². The van der Waals surface area contributed by atoms with E-state index in [1.165, 1.54) is 0 Å². The summed E-state index contributed by atoms with van der Waals surface area (Å²) in [5.74, 6) is -0.223. The molecule has 0 aromatic carbocycles. The number of carbonyl (C=O) groups excluding carboxylic acids is 1. The molecule has 0 aliphatic carbocycles. The third-order valence-electron chi connectivity index (χ3n) is 3.36. The summed E-state index contributed by atoms with van der Waals surface area (Å²) in [6.45, 7) is 1.72. The van der Waals surface area contributed by atoms with E-state index in [9.17, 15) is 9.90 Å². The Labute approximate surface area is 134 Å². The van der Waals surface area contributed by atoms with Crippen molar-refractivity contribution < 1.29 is 9.90 Å². The maximum atomic E-state index is 12.1. The molecule has 21 heavy (non-hydrogen) atoms. The van der Waals surface area contributed by atoms with Crippen LogP contribution >= 0.6 is 24.8 Å². The number of aromatic nitrogens is 3. The number of nitrogens with one attached hydrogen (secondary N) is 2. The van der Waals surface area contributed by atoms with Crippen LogP contribution in [-0.4, -0.2) is 51.1 Å². The predicted octanol–water partition coefficient (Wildman–Crippen LogP) is -0.117. The van der Waals surface area contributed by atoms with Crippen molar-refractivity contribution in [3.63, 3.8) is 0 Å². The zero-order valence-corrected chi connectivity index (χ0v) is 12.7. The van der Waals surface area contributed by atoms with Crippen molar-refractivity contribution in [3.05, 3.63) is 30.5 Å². The van der Waals surface area contributed by atoms with Gasteiger partial charge in [-0.15, -0.1) is 24.8 Å². The van der Waals surface area contributed by atoms with E-state index < -0.39 is 6.10 Å². The summed E-state index contributed by atoms with van der Waals surface area (Å²) in [6, 6.07) is 0. The van der Waals surface area contributed by atoms with Crippen LogP contribution in [0.1, 0.15) is 10.5 Å². The largest absolute Gasteiger partial charge is 0.391 e. The first-order valence-corrected chi connectivity index (χ1v) is 6.20. The van der Waals surface area contributed by atoms with Crippen LogP contribution < -0.4 is 10.6 Å². The van der Waals surface area contributed by atoms with Crippen molar-refractivity contribution in [2.75, 3.05) is 19.6 Å². The highest BCUT2D eigenvalue weighted by atomic mass is 35.5. The van der Waals surface area contributed by atoms with Crippen LogP contribution in [0.5, 0.6) is 0 Å². The number of imidazole rings is 1. The van der Waals surface area contributed by atoms with E-state index in [1.807, 2.05) is 0 Å². The van der Waals surface area contributed by atoms with E-state index in [0.717, 1.165) is 0 Å². The van der Waals surface area contributed by atoms with Crippen LogP contribution in [0.3, 0.4) is 0 Å². The lowest BCUT2D eigenvalue weighted by Gasteiger charge is -2.13. The van der Waals surface area contributed by atoms with Crippen LogP contribution in [0.2, 0.25) is 0 Å². The van der Waals surface area contributed by atoms with E-state index in [-0.39, 0.29) is 36.6 Å². The zero-order valence-electron chi connectivity index (χ0n) is 11.1. The Morgan fingerprint density at radius 1 is 1.33 bits per heavy atom. The van der Waals surface area contributed by atoms with E-state index in [2.05, 4.69) is 20.6 Å². The molecule has 0 bridgehead atoms. The molecule has 1 fully saturated rings. The first-order chi connectivity index (χ1) is 9.25. The number of halogens is 2. The summed E-state index contributed by atoms with van der Waals surface area (Å²) in [7, 11) is 0. The molecule has 3 heterocycles. The molecule has 2 unspecified atom stereocenters. The number of carbonyl (C=O) groups is 1.